The molecule has 24 heavy (non-hydrogen) atoms. The van der Waals surface area contributed by atoms with Gasteiger partial charge in [-0.25, -0.2) is 5.10 Å². The average Bonchev–Trinajstić information content (AvgIpc) is 3.21. The summed E-state index contributed by atoms with van der Waals surface area (Å²) >= 11 is 7.01. The van der Waals surface area contributed by atoms with Gasteiger partial charge in [0, 0.05) is 5.56 Å². The summed E-state index contributed by atoms with van der Waals surface area (Å²) in [6.45, 7) is -0.770. The summed E-state index contributed by atoms with van der Waals surface area (Å²) in [7, 11) is 0. The third-order valence-electron chi connectivity index (χ3n) is 3.76. The predicted octanol–water partition coefficient (Wildman–Crippen LogP) is 1.86. The number of aromatic nitrogens is 5. The number of halogens is 2. The Morgan fingerprint density at radius 1 is 1.00 bits per heavy atom. The minimum atomic E-state index is -0.280. The van der Waals surface area contributed by atoms with Gasteiger partial charge in [0.1, 0.15) is 5.69 Å². The van der Waals surface area contributed by atoms with Gasteiger partial charge in [0.05, 0.1) is 28.9 Å². The Bertz CT molecular complexity index is 864. The Morgan fingerprint density at radius 2 is 1.75 bits per heavy atom. The van der Waals surface area contributed by atoms with Crippen LogP contribution in [0.3, 0.4) is 0 Å². The van der Waals surface area contributed by atoms with Crippen LogP contribution >= 0.6 is 31.9 Å². The van der Waals surface area contributed by atoms with Crippen LogP contribution in [0.1, 0.15) is 16.7 Å². The zero-order chi connectivity index (χ0) is 17.3. The van der Waals surface area contributed by atoms with E-state index in [0.717, 1.165) is 5.56 Å². The number of hydrogen-bond donors (Lipinski definition) is 5. The van der Waals surface area contributed by atoms with Gasteiger partial charge in [0.2, 0.25) is 0 Å². The minimum absolute atomic E-state index is 0.215. The first-order valence-corrected chi connectivity index (χ1v) is 8.48. The third kappa shape index (κ3) is 2.80. The molecule has 0 aliphatic heterocycles. The number of aromatic amines is 2. The highest BCUT2D eigenvalue weighted by Gasteiger charge is 2.22. The lowest BCUT2D eigenvalue weighted by Gasteiger charge is -2.15. The maximum Gasteiger partial charge on any atom is 0.197 e. The van der Waals surface area contributed by atoms with Gasteiger partial charge in [0.15, 0.2) is 5.82 Å². The molecule has 0 saturated carbocycles. The number of benzene rings is 1. The van der Waals surface area contributed by atoms with Gasteiger partial charge in [-0.3, -0.25) is 0 Å². The van der Waals surface area contributed by atoms with Crippen molar-refractivity contribution in [1.82, 2.24) is 25.6 Å². The maximum atomic E-state index is 9.81. The quantitative estimate of drug-likeness (QED) is 0.396. The van der Waals surface area contributed by atoms with Crippen molar-refractivity contribution >= 4 is 31.9 Å². The molecule has 0 unspecified atom stereocenters. The number of nitrogens with one attached hydrogen (secondary N) is 2. The topological polar surface area (TPSA) is 131 Å². The molecule has 10 heteroatoms. The highest BCUT2D eigenvalue weighted by atomic mass is 79.9. The summed E-state index contributed by atoms with van der Waals surface area (Å²) in [5, 5.41) is 42.6. The number of aliphatic hydroxyl groups excluding tert-OH is 3. The van der Waals surface area contributed by atoms with Gasteiger partial charge in [0.25, 0.3) is 0 Å². The van der Waals surface area contributed by atoms with Gasteiger partial charge in [-0.1, -0.05) is 12.1 Å². The van der Waals surface area contributed by atoms with Gasteiger partial charge >= 0.3 is 0 Å². The highest BCUT2D eigenvalue weighted by Crippen LogP contribution is 2.43. The van der Waals surface area contributed by atoms with Gasteiger partial charge in [-0.2, -0.15) is 0 Å². The lowest BCUT2D eigenvalue weighted by molar-refractivity contribution is 0.248. The molecule has 126 valence electrons. The van der Waals surface area contributed by atoms with E-state index in [1.165, 1.54) is 0 Å². The van der Waals surface area contributed by atoms with Gasteiger partial charge < -0.3 is 20.3 Å². The summed E-state index contributed by atoms with van der Waals surface area (Å²) in [5.41, 5.74) is 3.75. The standard InChI is InChI=1S/C14H13Br2N5O3/c15-11-10(13(16)17-12(11)14-18-20-21-19-14)7-2-1-6(3-22)8(4-23)9(7)5-24/h1-2,17,22-24H,3-5H2,(H,18,19,20,21). The van der Waals surface area contributed by atoms with Crippen molar-refractivity contribution in [2.75, 3.05) is 0 Å². The first kappa shape index (κ1) is 17.2. The molecule has 0 aliphatic carbocycles. The van der Waals surface area contributed by atoms with Crippen molar-refractivity contribution in [2.24, 2.45) is 0 Å². The molecular weight excluding hydrogens is 446 g/mol. The Labute approximate surface area is 153 Å². The number of rotatable bonds is 5. The minimum Gasteiger partial charge on any atom is -0.392 e. The van der Waals surface area contributed by atoms with E-state index in [0.29, 0.717) is 42.8 Å². The molecule has 8 nitrogen and oxygen atoms in total. The molecule has 0 radical (unpaired) electrons. The maximum absolute atomic E-state index is 9.81. The van der Waals surface area contributed by atoms with Crippen molar-refractivity contribution < 1.29 is 15.3 Å². The Balaban J connectivity index is 2.23. The molecule has 3 rings (SSSR count). The molecule has 1 aromatic carbocycles. The number of hydrogen-bond acceptors (Lipinski definition) is 6. The van der Waals surface area contributed by atoms with Crippen molar-refractivity contribution in [3.05, 3.63) is 37.9 Å². The van der Waals surface area contributed by atoms with Crippen LogP contribution in [0.4, 0.5) is 0 Å². The number of tetrazole rings is 1. The summed E-state index contributed by atoms with van der Waals surface area (Å²) < 4.78 is 1.36. The van der Waals surface area contributed by atoms with E-state index < -0.39 is 0 Å². The molecule has 0 bridgehead atoms. The van der Waals surface area contributed by atoms with E-state index in [-0.39, 0.29) is 19.8 Å². The predicted molar refractivity (Wildman–Crippen MR) is 92.6 cm³/mol. The van der Waals surface area contributed by atoms with Crippen molar-refractivity contribution in [3.8, 4) is 22.6 Å². The van der Waals surface area contributed by atoms with Crippen LogP contribution in [0, 0.1) is 0 Å². The smallest absolute Gasteiger partial charge is 0.197 e. The number of nitrogens with zero attached hydrogens (tertiary/aromatic N) is 3. The van der Waals surface area contributed by atoms with Crippen LogP contribution in [-0.4, -0.2) is 40.9 Å². The number of aliphatic hydroxyl groups is 3. The summed E-state index contributed by atoms with van der Waals surface area (Å²) in [5.74, 6) is 0.453. The first-order chi connectivity index (χ1) is 11.6. The van der Waals surface area contributed by atoms with Gasteiger partial charge in [-0.05, 0) is 64.5 Å². The SMILES string of the molecule is OCc1ccc(-c2c(Br)[nH]c(-c3nnn[nH]3)c2Br)c(CO)c1CO. The van der Waals surface area contributed by atoms with Crippen LogP contribution in [0.5, 0.6) is 0 Å². The molecular formula is C14H13Br2N5O3. The zero-order valence-electron chi connectivity index (χ0n) is 12.2. The van der Waals surface area contributed by atoms with E-state index in [1.807, 2.05) is 0 Å². The summed E-state index contributed by atoms with van der Waals surface area (Å²) in [6.07, 6.45) is 0. The Kier molecular flexibility index (Phi) is 5.11. The molecule has 0 spiro atoms. The fourth-order valence-corrected chi connectivity index (χ4v) is 4.19. The second-order valence-corrected chi connectivity index (χ2v) is 6.54. The van der Waals surface area contributed by atoms with Crippen LogP contribution < -0.4 is 0 Å². The normalized spacial score (nSPS) is 11.2. The number of H-pyrrole nitrogens is 2. The fourth-order valence-electron chi connectivity index (χ4n) is 2.61. The molecule has 3 aromatic rings. The molecule has 0 amide bonds. The van der Waals surface area contributed by atoms with Crippen molar-refractivity contribution in [2.45, 2.75) is 19.8 Å². The second kappa shape index (κ2) is 7.11. The summed E-state index contributed by atoms with van der Waals surface area (Å²) in [4.78, 5) is 3.13. The van der Waals surface area contributed by atoms with E-state index in [1.54, 1.807) is 12.1 Å². The molecule has 0 saturated heterocycles. The lowest BCUT2D eigenvalue weighted by atomic mass is 9.93. The molecule has 0 aliphatic rings. The molecule has 2 heterocycles. The second-order valence-electron chi connectivity index (χ2n) is 4.96. The largest absolute Gasteiger partial charge is 0.392 e. The Hall–Kier alpha value is -1.59. The highest BCUT2D eigenvalue weighted by molar-refractivity contribution is 9.11. The van der Waals surface area contributed by atoms with Crippen LogP contribution in [0.15, 0.2) is 21.2 Å². The Morgan fingerprint density at radius 3 is 2.33 bits per heavy atom. The lowest BCUT2D eigenvalue weighted by Crippen LogP contribution is -2.03. The third-order valence-corrected chi connectivity index (χ3v) is 5.15. The van der Waals surface area contributed by atoms with E-state index in [4.69, 9.17) is 0 Å². The molecule has 0 fully saturated rings. The fraction of sp³-hybridized carbons (Fsp3) is 0.214. The van der Waals surface area contributed by atoms with Crippen molar-refractivity contribution in [1.29, 1.82) is 0 Å². The van der Waals surface area contributed by atoms with Crippen molar-refractivity contribution in [3.63, 3.8) is 0 Å². The average molecular weight is 459 g/mol. The van der Waals surface area contributed by atoms with Crippen LogP contribution in [-0.2, 0) is 19.8 Å². The molecule has 0 atom stereocenters. The van der Waals surface area contributed by atoms with E-state index in [2.05, 4.69) is 57.5 Å². The van der Waals surface area contributed by atoms with Gasteiger partial charge in [-0.15, -0.1) is 5.10 Å². The molecule has 2 aromatic heterocycles. The zero-order valence-corrected chi connectivity index (χ0v) is 15.4. The first-order valence-electron chi connectivity index (χ1n) is 6.90. The molecule has 5 N–H and O–H groups in total. The summed E-state index contributed by atoms with van der Waals surface area (Å²) in [6, 6.07) is 3.51. The monoisotopic (exact) mass is 457 g/mol. The van der Waals surface area contributed by atoms with Crippen LogP contribution in [0.25, 0.3) is 22.6 Å². The van der Waals surface area contributed by atoms with Crippen LogP contribution in [0.2, 0.25) is 0 Å². The van der Waals surface area contributed by atoms with E-state index in [9.17, 15) is 15.3 Å². The van der Waals surface area contributed by atoms with E-state index >= 15 is 0 Å².